The Morgan fingerprint density at radius 3 is 1.51 bits per heavy atom. The van der Waals surface area contributed by atoms with Crippen LogP contribution in [0.5, 0.6) is 0 Å². The van der Waals surface area contributed by atoms with E-state index >= 15 is 0 Å². The molecule has 0 bridgehead atoms. The second-order valence-electron chi connectivity index (χ2n) is 22.9. The standard InChI is InChI=1S/C73H60N4/c1-47-66(75(50-26-14-8-15-27-50)51-28-16-9-17-29-51)40-41-68-71(47)61-46-69-60(45-70(61)77(68)54-35-38-58-56-31-19-21-33-63(56)73(4,5)65(58)44-54)59-42-52(74(48-22-10-6-11-23-48)49-24-12-7-13-25-49)36-39-67(59)76(69)53-34-37-57-55-30-18-20-32-62(55)72(2,3)64(57)43-53/h6-47,60,66,69H,1-5H3. The summed E-state index contributed by atoms with van der Waals surface area (Å²) in [6.07, 6.45) is 10.2. The Hall–Kier alpha value is -8.86. The van der Waals surface area contributed by atoms with Gasteiger partial charge in [-0.1, -0.05) is 180 Å². The monoisotopic (exact) mass is 992 g/mol. The second kappa shape index (κ2) is 17.1. The molecule has 4 heteroatoms. The summed E-state index contributed by atoms with van der Waals surface area (Å²) >= 11 is 0. The van der Waals surface area contributed by atoms with Crippen LogP contribution in [0.15, 0.2) is 231 Å². The first-order chi connectivity index (χ1) is 37.6. The highest BCUT2D eigenvalue weighted by molar-refractivity contribution is 5.89. The molecule has 10 aromatic rings. The van der Waals surface area contributed by atoms with E-state index in [-0.39, 0.29) is 34.7 Å². The summed E-state index contributed by atoms with van der Waals surface area (Å²) in [7, 11) is 0. The van der Waals surface area contributed by atoms with Crippen LogP contribution in [0.2, 0.25) is 0 Å². The molecule has 372 valence electrons. The summed E-state index contributed by atoms with van der Waals surface area (Å²) in [6, 6.07) is 83.5. The van der Waals surface area contributed by atoms with E-state index in [1.807, 2.05) is 0 Å². The van der Waals surface area contributed by atoms with Gasteiger partial charge in [0.2, 0.25) is 0 Å². The number of aromatic nitrogens is 1. The lowest BCUT2D eigenvalue weighted by Crippen LogP contribution is -2.42. The molecule has 77 heavy (non-hydrogen) atoms. The summed E-state index contributed by atoms with van der Waals surface area (Å²) in [5, 5.41) is 2.59. The van der Waals surface area contributed by atoms with Crippen molar-refractivity contribution in [3.05, 3.63) is 280 Å². The fourth-order valence-electron chi connectivity index (χ4n) is 14.4. The molecule has 1 aliphatic heterocycles. The average molecular weight is 993 g/mol. The molecule has 4 nitrogen and oxygen atoms in total. The zero-order valence-electron chi connectivity index (χ0n) is 44.3. The second-order valence-corrected chi connectivity index (χ2v) is 22.9. The first kappa shape index (κ1) is 45.5. The minimum Gasteiger partial charge on any atom is -0.334 e. The molecule has 0 amide bonds. The molecule has 9 aromatic carbocycles. The molecule has 5 aliphatic rings. The van der Waals surface area contributed by atoms with E-state index in [0.717, 1.165) is 17.1 Å². The van der Waals surface area contributed by atoms with Gasteiger partial charge in [0.1, 0.15) is 0 Å². The Morgan fingerprint density at radius 1 is 0.442 bits per heavy atom. The molecular weight excluding hydrogens is 933 g/mol. The van der Waals surface area contributed by atoms with Gasteiger partial charge in [-0.25, -0.2) is 0 Å². The Kier molecular flexibility index (Phi) is 10.1. The third kappa shape index (κ3) is 6.77. The fourth-order valence-corrected chi connectivity index (χ4v) is 14.4. The normalized spacial score (nSPS) is 19.1. The third-order valence-electron chi connectivity index (χ3n) is 18.0. The van der Waals surface area contributed by atoms with Gasteiger partial charge in [0.25, 0.3) is 0 Å². The number of anilines is 7. The van der Waals surface area contributed by atoms with Crippen molar-refractivity contribution in [1.82, 2.24) is 4.57 Å². The van der Waals surface area contributed by atoms with Crippen molar-refractivity contribution in [1.29, 1.82) is 0 Å². The molecule has 4 aliphatic carbocycles. The molecule has 4 unspecified atom stereocenters. The lowest BCUT2D eigenvalue weighted by molar-refractivity contribution is 0.635. The van der Waals surface area contributed by atoms with Gasteiger partial charge in [0.05, 0.1) is 23.1 Å². The summed E-state index contributed by atoms with van der Waals surface area (Å²) in [6.45, 7) is 12.1. The topological polar surface area (TPSA) is 14.7 Å². The van der Waals surface area contributed by atoms with Gasteiger partial charge in [-0.3, -0.25) is 0 Å². The Bertz CT molecular complexity index is 4070. The van der Waals surface area contributed by atoms with Gasteiger partial charge in [-0.05, 0) is 159 Å². The number of nitrogens with zero attached hydrogens (tertiary/aromatic N) is 4. The number of hydrogen-bond acceptors (Lipinski definition) is 3. The molecule has 1 aromatic heterocycles. The maximum Gasteiger partial charge on any atom is 0.0636 e. The minimum absolute atomic E-state index is 0.00361. The summed E-state index contributed by atoms with van der Waals surface area (Å²) in [4.78, 5) is 7.64. The largest absolute Gasteiger partial charge is 0.334 e. The molecule has 0 saturated heterocycles. The van der Waals surface area contributed by atoms with E-state index < -0.39 is 0 Å². The van der Waals surface area contributed by atoms with Crippen LogP contribution in [-0.4, -0.2) is 16.7 Å². The number of para-hydroxylation sites is 4. The van der Waals surface area contributed by atoms with Crippen LogP contribution in [-0.2, 0) is 10.8 Å². The van der Waals surface area contributed by atoms with Crippen molar-refractivity contribution >= 4 is 58.0 Å². The molecule has 0 radical (unpaired) electrons. The van der Waals surface area contributed by atoms with Crippen molar-refractivity contribution < 1.29 is 0 Å². The number of hydrogen-bond donors (Lipinski definition) is 0. The van der Waals surface area contributed by atoms with Gasteiger partial charge < -0.3 is 19.3 Å². The van der Waals surface area contributed by atoms with Gasteiger partial charge in [-0.2, -0.15) is 0 Å². The van der Waals surface area contributed by atoms with E-state index in [0.29, 0.717) is 0 Å². The van der Waals surface area contributed by atoms with Crippen molar-refractivity contribution in [2.24, 2.45) is 0 Å². The fraction of sp³-hybridized carbons (Fsp3) is 0.151. The minimum atomic E-state index is -0.146. The molecule has 4 atom stereocenters. The van der Waals surface area contributed by atoms with Crippen LogP contribution >= 0.6 is 0 Å². The first-order valence-electron chi connectivity index (χ1n) is 27.5. The zero-order valence-corrected chi connectivity index (χ0v) is 44.3. The summed E-state index contributed by atoms with van der Waals surface area (Å²) in [5.41, 5.74) is 24.0. The lowest BCUT2D eigenvalue weighted by atomic mass is 9.82. The van der Waals surface area contributed by atoms with Crippen LogP contribution in [0.3, 0.4) is 0 Å². The molecule has 0 fully saturated rings. The molecule has 2 heterocycles. The van der Waals surface area contributed by atoms with Crippen molar-refractivity contribution in [3.8, 4) is 27.9 Å². The van der Waals surface area contributed by atoms with E-state index in [9.17, 15) is 0 Å². The average Bonchev–Trinajstić information content (AvgIpc) is 4.21. The summed E-state index contributed by atoms with van der Waals surface area (Å²) in [5.74, 6) is 0.157. The molecule has 15 rings (SSSR count). The van der Waals surface area contributed by atoms with E-state index in [2.05, 4.69) is 303 Å². The van der Waals surface area contributed by atoms with Crippen molar-refractivity contribution in [3.63, 3.8) is 0 Å². The number of rotatable bonds is 8. The van der Waals surface area contributed by atoms with Gasteiger partial charge in [-0.15, -0.1) is 0 Å². The smallest absolute Gasteiger partial charge is 0.0636 e. The molecule has 0 saturated carbocycles. The maximum atomic E-state index is 2.68. The lowest BCUT2D eigenvalue weighted by Gasteiger charge is -2.38. The molecule has 0 spiro atoms. The van der Waals surface area contributed by atoms with E-state index in [1.165, 1.54) is 100 Å². The number of benzene rings is 9. The molecule has 0 N–H and O–H groups in total. The van der Waals surface area contributed by atoms with Crippen molar-refractivity contribution in [2.75, 3.05) is 14.7 Å². The van der Waals surface area contributed by atoms with Gasteiger partial charge in [0.15, 0.2) is 0 Å². The van der Waals surface area contributed by atoms with Crippen molar-refractivity contribution in [2.45, 2.75) is 69.4 Å². The highest BCUT2D eigenvalue weighted by atomic mass is 15.2. The van der Waals surface area contributed by atoms with Gasteiger partial charge in [0, 0.05) is 73.4 Å². The maximum absolute atomic E-state index is 2.68. The summed E-state index contributed by atoms with van der Waals surface area (Å²) < 4.78 is 2.62. The SMILES string of the molecule is CC1c2c(n(-c3ccc4c(c3)C(C)(C)c3ccccc3-4)c3c2=CC2C(C=3)c3cc(N(c4ccccc4)c4ccccc4)ccc3N2c2ccc3c(c2)C(C)(C)c2ccccc2-3)C=CC1N(c1ccccc1)c1ccccc1. The third-order valence-corrected chi connectivity index (χ3v) is 18.0. The first-order valence-corrected chi connectivity index (χ1v) is 27.5. The quantitative estimate of drug-likeness (QED) is 0.151. The van der Waals surface area contributed by atoms with Gasteiger partial charge >= 0.3 is 0 Å². The van der Waals surface area contributed by atoms with Crippen LogP contribution < -0.4 is 25.3 Å². The van der Waals surface area contributed by atoms with Crippen LogP contribution in [0, 0.1) is 0 Å². The van der Waals surface area contributed by atoms with Crippen LogP contribution in [0.4, 0.5) is 39.8 Å². The van der Waals surface area contributed by atoms with E-state index in [1.54, 1.807) is 0 Å². The molecular formula is C73H60N4. The van der Waals surface area contributed by atoms with Crippen LogP contribution in [0.1, 0.15) is 85.5 Å². The number of fused-ring (bicyclic) bond motifs is 12. The van der Waals surface area contributed by atoms with E-state index in [4.69, 9.17) is 0 Å². The Morgan fingerprint density at radius 2 is 0.935 bits per heavy atom. The highest BCUT2D eigenvalue weighted by Crippen LogP contribution is 2.55. The van der Waals surface area contributed by atoms with Crippen LogP contribution in [0.25, 0.3) is 46.2 Å². The predicted octanol–water partition coefficient (Wildman–Crippen LogP) is 16.8. The zero-order chi connectivity index (χ0) is 51.7. The Balaban J connectivity index is 0.976. The highest BCUT2D eigenvalue weighted by Gasteiger charge is 2.44. The predicted molar refractivity (Wildman–Crippen MR) is 322 cm³/mol. The Labute approximate surface area is 452 Å².